The fourth-order valence-corrected chi connectivity index (χ4v) is 2.64. The number of benzene rings is 1. The summed E-state index contributed by atoms with van der Waals surface area (Å²) in [5.74, 6) is -1.18. The molecule has 0 unspecified atom stereocenters. The molecule has 2 aromatic rings. The number of primary amides is 1. The van der Waals surface area contributed by atoms with Crippen LogP contribution in [0.4, 0.5) is 10.7 Å². The van der Waals surface area contributed by atoms with Crippen molar-refractivity contribution < 1.29 is 14.5 Å². The van der Waals surface area contributed by atoms with E-state index in [4.69, 9.17) is 5.73 Å². The van der Waals surface area contributed by atoms with Gasteiger partial charge in [0.25, 0.3) is 17.5 Å². The smallest absolute Gasteiger partial charge is 0.270 e. The van der Waals surface area contributed by atoms with Gasteiger partial charge in [-0.1, -0.05) is 6.07 Å². The van der Waals surface area contributed by atoms with E-state index in [2.05, 4.69) is 5.32 Å². The summed E-state index contributed by atoms with van der Waals surface area (Å²) in [4.78, 5) is 34.3. The largest absolute Gasteiger partial charge is 0.366 e. The third-order valence-corrected chi connectivity index (χ3v) is 3.63. The lowest BCUT2D eigenvalue weighted by molar-refractivity contribution is -0.384. The number of anilines is 1. The molecule has 0 radical (unpaired) electrons. The number of thiophene rings is 1. The van der Waals surface area contributed by atoms with Crippen molar-refractivity contribution in [2.75, 3.05) is 5.32 Å². The lowest BCUT2D eigenvalue weighted by Gasteiger charge is -2.04. The van der Waals surface area contributed by atoms with Crippen molar-refractivity contribution >= 4 is 33.8 Å². The monoisotopic (exact) mass is 305 g/mol. The summed E-state index contributed by atoms with van der Waals surface area (Å²) in [6, 6.07) is 6.91. The van der Waals surface area contributed by atoms with Crippen molar-refractivity contribution in [3.05, 3.63) is 56.5 Å². The summed E-state index contributed by atoms with van der Waals surface area (Å²) in [5.41, 5.74) is 5.40. The van der Waals surface area contributed by atoms with Gasteiger partial charge in [0.05, 0.1) is 10.5 Å². The second-order valence-electron chi connectivity index (χ2n) is 4.23. The van der Waals surface area contributed by atoms with Crippen LogP contribution < -0.4 is 11.1 Å². The molecule has 21 heavy (non-hydrogen) atoms. The summed E-state index contributed by atoms with van der Waals surface area (Å²) in [5, 5.41) is 13.6. The highest BCUT2D eigenvalue weighted by Gasteiger charge is 2.17. The molecule has 2 amide bonds. The molecule has 0 saturated carbocycles. The van der Waals surface area contributed by atoms with E-state index in [-0.39, 0.29) is 16.8 Å². The number of nitro groups is 1. The van der Waals surface area contributed by atoms with E-state index in [9.17, 15) is 19.7 Å². The fraction of sp³-hybridized carbons (Fsp3) is 0.0769. The fourth-order valence-electron chi connectivity index (χ4n) is 1.73. The standard InChI is InChI=1S/C13H11N3O4S/c1-7-5-10(11(14)17)13(21-7)15-12(18)8-3-2-4-9(6-8)16(19)20/h2-6H,1H3,(H2,14,17)(H,15,18). The van der Waals surface area contributed by atoms with Crippen LogP contribution in [0.15, 0.2) is 30.3 Å². The average Bonchev–Trinajstić information content (AvgIpc) is 2.80. The number of nitrogens with zero attached hydrogens (tertiary/aromatic N) is 1. The Morgan fingerprint density at radius 3 is 2.67 bits per heavy atom. The molecule has 1 aromatic carbocycles. The molecular weight excluding hydrogens is 294 g/mol. The van der Waals surface area contributed by atoms with Crippen LogP contribution in [0.3, 0.4) is 0 Å². The van der Waals surface area contributed by atoms with Crippen LogP contribution in [0.2, 0.25) is 0 Å². The summed E-state index contributed by atoms with van der Waals surface area (Å²) in [7, 11) is 0. The van der Waals surface area contributed by atoms with Crippen molar-refractivity contribution in [3.63, 3.8) is 0 Å². The first kappa shape index (κ1) is 14.7. The number of carbonyl (C=O) groups excluding carboxylic acids is 2. The predicted octanol–water partition coefficient (Wildman–Crippen LogP) is 2.32. The van der Waals surface area contributed by atoms with Gasteiger partial charge in [-0.05, 0) is 19.1 Å². The molecule has 7 nitrogen and oxygen atoms in total. The Balaban J connectivity index is 2.28. The molecule has 1 aromatic heterocycles. The lowest BCUT2D eigenvalue weighted by atomic mass is 10.2. The highest BCUT2D eigenvalue weighted by Crippen LogP contribution is 2.28. The Hall–Kier alpha value is -2.74. The summed E-state index contributed by atoms with van der Waals surface area (Å²) >= 11 is 1.21. The van der Waals surface area contributed by atoms with E-state index in [0.717, 1.165) is 4.88 Å². The average molecular weight is 305 g/mol. The maximum atomic E-state index is 12.1. The molecule has 0 bridgehead atoms. The highest BCUT2D eigenvalue weighted by atomic mass is 32.1. The van der Waals surface area contributed by atoms with Gasteiger partial charge in [0.1, 0.15) is 5.00 Å². The number of aryl methyl sites for hydroxylation is 1. The first-order chi connectivity index (χ1) is 9.88. The van der Waals surface area contributed by atoms with E-state index in [1.54, 1.807) is 13.0 Å². The predicted molar refractivity (Wildman–Crippen MR) is 78.6 cm³/mol. The molecule has 0 saturated heterocycles. The molecular formula is C13H11N3O4S. The van der Waals surface area contributed by atoms with Gasteiger partial charge in [-0.2, -0.15) is 0 Å². The minimum atomic E-state index is -0.645. The number of hydrogen-bond donors (Lipinski definition) is 2. The molecule has 0 aliphatic rings. The Labute approximate surface area is 123 Å². The first-order valence-corrected chi connectivity index (χ1v) is 6.66. The van der Waals surface area contributed by atoms with E-state index < -0.39 is 16.7 Å². The zero-order valence-electron chi connectivity index (χ0n) is 11.0. The minimum absolute atomic E-state index is 0.130. The van der Waals surface area contributed by atoms with Gasteiger partial charge in [-0.15, -0.1) is 11.3 Å². The molecule has 0 aliphatic heterocycles. The summed E-state index contributed by atoms with van der Waals surface area (Å²) in [6.45, 7) is 1.78. The second kappa shape index (κ2) is 5.71. The maximum absolute atomic E-state index is 12.1. The van der Waals surface area contributed by atoms with Gasteiger partial charge in [-0.25, -0.2) is 0 Å². The zero-order valence-corrected chi connectivity index (χ0v) is 11.8. The van der Waals surface area contributed by atoms with Crippen LogP contribution in [-0.2, 0) is 0 Å². The number of nitrogens with two attached hydrogens (primary N) is 1. The number of hydrogen-bond acceptors (Lipinski definition) is 5. The Morgan fingerprint density at radius 1 is 1.33 bits per heavy atom. The SMILES string of the molecule is Cc1cc(C(N)=O)c(NC(=O)c2cccc([N+](=O)[O-])c2)s1. The molecule has 1 heterocycles. The van der Waals surface area contributed by atoms with Gasteiger partial charge in [0, 0.05) is 22.6 Å². The Morgan fingerprint density at radius 2 is 2.05 bits per heavy atom. The van der Waals surface area contributed by atoms with Crippen LogP contribution in [0.25, 0.3) is 0 Å². The molecule has 0 spiro atoms. The maximum Gasteiger partial charge on any atom is 0.270 e. The molecule has 8 heteroatoms. The third kappa shape index (κ3) is 3.23. The minimum Gasteiger partial charge on any atom is -0.366 e. The summed E-state index contributed by atoms with van der Waals surface area (Å²) in [6.07, 6.45) is 0. The van der Waals surface area contributed by atoms with Crippen molar-refractivity contribution in [1.29, 1.82) is 0 Å². The Kier molecular flexibility index (Phi) is 3.99. The van der Waals surface area contributed by atoms with E-state index in [0.29, 0.717) is 5.00 Å². The topological polar surface area (TPSA) is 115 Å². The quantitative estimate of drug-likeness (QED) is 0.666. The van der Waals surface area contributed by atoms with Gasteiger partial charge in [0.15, 0.2) is 0 Å². The molecule has 2 rings (SSSR count). The number of rotatable bonds is 4. The van der Waals surface area contributed by atoms with Gasteiger partial charge >= 0.3 is 0 Å². The van der Waals surface area contributed by atoms with Gasteiger partial charge in [-0.3, -0.25) is 19.7 Å². The van der Waals surface area contributed by atoms with Crippen molar-refractivity contribution in [3.8, 4) is 0 Å². The van der Waals surface area contributed by atoms with Gasteiger partial charge < -0.3 is 11.1 Å². The molecule has 0 atom stereocenters. The molecule has 108 valence electrons. The zero-order chi connectivity index (χ0) is 15.6. The van der Waals surface area contributed by atoms with Crippen molar-refractivity contribution in [1.82, 2.24) is 0 Å². The lowest BCUT2D eigenvalue weighted by Crippen LogP contribution is -2.16. The molecule has 0 fully saturated rings. The number of non-ortho nitro benzene ring substituents is 1. The van der Waals surface area contributed by atoms with E-state index >= 15 is 0 Å². The highest BCUT2D eigenvalue weighted by molar-refractivity contribution is 7.16. The second-order valence-corrected chi connectivity index (χ2v) is 5.48. The number of amides is 2. The normalized spacial score (nSPS) is 10.1. The molecule has 3 N–H and O–H groups in total. The number of nitro benzene ring substituents is 1. The summed E-state index contributed by atoms with van der Waals surface area (Å²) < 4.78 is 0. The first-order valence-electron chi connectivity index (χ1n) is 5.84. The van der Waals surface area contributed by atoms with Crippen LogP contribution >= 0.6 is 11.3 Å². The number of nitrogens with one attached hydrogen (secondary N) is 1. The third-order valence-electron chi connectivity index (χ3n) is 2.67. The number of carbonyl (C=O) groups is 2. The van der Waals surface area contributed by atoms with Crippen LogP contribution in [0.1, 0.15) is 25.6 Å². The van der Waals surface area contributed by atoms with Crippen LogP contribution in [-0.4, -0.2) is 16.7 Å². The Bertz CT molecular complexity index is 739. The van der Waals surface area contributed by atoms with Crippen molar-refractivity contribution in [2.24, 2.45) is 5.73 Å². The van der Waals surface area contributed by atoms with Crippen LogP contribution in [0.5, 0.6) is 0 Å². The van der Waals surface area contributed by atoms with E-state index in [1.165, 1.54) is 35.6 Å². The molecule has 0 aliphatic carbocycles. The van der Waals surface area contributed by atoms with Gasteiger partial charge in [0.2, 0.25) is 0 Å². The van der Waals surface area contributed by atoms with E-state index in [1.807, 2.05) is 0 Å². The van der Waals surface area contributed by atoms with Crippen LogP contribution in [0, 0.1) is 17.0 Å². The van der Waals surface area contributed by atoms with Crippen molar-refractivity contribution in [2.45, 2.75) is 6.92 Å².